The average molecular weight is 192 g/mol. The third kappa shape index (κ3) is 0.734. The quantitative estimate of drug-likeness (QED) is 0.667. The van der Waals surface area contributed by atoms with E-state index in [1.54, 1.807) is 0 Å². The molecule has 2 nitrogen and oxygen atoms in total. The number of fused-ring (bicyclic) bond motifs is 6. The topological polar surface area (TPSA) is 28.7 Å². The first-order valence-electron chi connectivity index (χ1n) is 5.01. The van der Waals surface area contributed by atoms with Crippen molar-refractivity contribution in [2.75, 3.05) is 0 Å². The molecule has 2 heteroatoms. The van der Waals surface area contributed by atoms with E-state index in [-0.39, 0.29) is 0 Å². The Bertz CT molecular complexity index is 694. The number of hydrogen-bond donors (Lipinski definition) is 1. The highest BCUT2D eigenvalue weighted by molar-refractivity contribution is 5.93. The van der Waals surface area contributed by atoms with Crippen LogP contribution in [0, 0.1) is 0 Å². The van der Waals surface area contributed by atoms with E-state index in [2.05, 4.69) is 46.7 Å². The van der Waals surface area contributed by atoms with Crippen LogP contribution in [0.1, 0.15) is 11.1 Å². The molecule has 2 aromatic rings. The summed E-state index contributed by atoms with van der Waals surface area (Å²) in [5.41, 5.74) is 3.78. The molecular formula is C13H8N2. The van der Waals surface area contributed by atoms with Crippen molar-refractivity contribution >= 4 is 35.2 Å². The molecule has 2 aliphatic rings. The normalized spacial score (nSPS) is 15.2. The first-order valence-corrected chi connectivity index (χ1v) is 5.01. The molecule has 0 saturated carbocycles. The number of hydrogen-bond acceptors (Lipinski definition) is 1. The van der Waals surface area contributed by atoms with Gasteiger partial charge in [-0.3, -0.25) is 5.10 Å². The number of H-pyrrole nitrogens is 1. The van der Waals surface area contributed by atoms with Crippen LogP contribution in [0.3, 0.4) is 0 Å². The zero-order valence-electron chi connectivity index (χ0n) is 7.99. The Morgan fingerprint density at radius 2 is 1.67 bits per heavy atom. The Hall–Kier alpha value is -2.09. The molecule has 1 N–H and O–H groups in total. The highest BCUT2D eigenvalue weighted by Gasteiger charge is 2.12. The molecule has 1 aromatic carbocycles. The van der Waals surface area contributed by atoms with Crippen LogP contribution in [0.4, 0.5) is 0 Å². The summed E-state index contributed by atoms with van der Waals surface area (Å²) in [5.74, 6) is 0. The van der Waals surface area contributed by atoms with Crippen molar-refractivity contribution in [3.8, 4) is 0 Å². The molecule has 0 saturated heterocycles. The molecule has 0 amide bonds. The van der Waals surface area contributed by atoms with Crippen molar-refractivity contribution in [2.24, 2.45) is 0 Å². The van der Waals surface area contributed by atoms with Crippen molar-refractivity contribution in [3.05, 3.63) is 39.9 Å². The summed E-state index contributed by atoms with van der Waals surface area (Å²) in [6.07, 6.45) is 14.7. The minimum absolute atomic E-state index is 1.15. The molecule has 70 valence electrons. The first kappa shape index (κ1) is 7.23. The largest absolute Gasteiger partial charge is 0.277 e. The van der Waals surface area contributed by atoms with Crippen LogP contribution in [0.2, 0.25) is 0 Å². The van der Waals surface area contributed by atoms with Crippen LogP contribution in [0.25, 0.3) is 35.2 Å². The zero-order chi connectivity index (χ0) is 9.83. The van der Waals surface area contributed by atoms with Crippen molar-refractivity contribution in [2.45, 2.75) is 0 Å². The van der Waals surface area contributed by atoms with E-state index in [9.17, 15) is 0 Å². The van der Waals surface area contributed by atoms with Gasteiger partial charge in [0.25, 0.3) is 0 Å². The fraction of sp³-hybridized carbons (Fsp3) is 0. The molecular weight excluding hydrogens is 184 g/mol. The van der Waals surface area contributed by atoms with Crippen LogP contribution in [0.5, 0.6) is 0 Å². The lowest BCUT2D eigenvalue weighted by molar-refractivity contribution is 1.12. The van der Waals surface area contributed by atoms with Crippen molar-refractivity contribution in [3.63, 3.8) is 0 Å². The number of allylic oxidation sites excluding steroid dienone is 2. The van der Waals surface area contributed by atoms with Gasteiger partial charge >= 0.3 is 0 Å². The summed E-state index contributed by atoms with van der Waals surface area (Å²) >= 11 is 0. The molecule has 1 heterocycles. The summed E-state index contributed by atoms with van der Waals surface area (Å²) in [6.45, 7) is 0. The predicted molar refractivity (Wildman–Crippen MR) is 62.3 cm³/mol. The lowest BCUT2D eigenvalue weighted by Crippen LogP contribution is -2.16. The maximum Gasteiger partial charge on any atom is 0.0735 e. The van der Waals surface area contributed by atoms with Gasteiger partial charge in [-0.25, -0.2) is 0 Å². The second-order valence-corrected chi connectivity index (χ2v) is 3.86. The SMILES string of the molecule is C1=Cc2c3c(c4[nH]ncc4c2=C1)=CC=C3. The monoisotopic (exact) mass is 192 g/mol. The van der Waals surface area contributed by atoms with Crippen LogP contribution in [-0.4, -0.2) is 10.2 Å². The third-order valence-corrected chi connectivity index (χ3v) is 3.12. The van der Waals surface area contributed by atoms with E-state index in [0.717, 1.165) is 5.52 Å². The van der Waals surface area contributed by atoms with E-state index in [4.69, 9.17) is 0 Å². The third-order valence-electron chi connectivity index (χ3n) is 3.12. The van der Waals surface area contributed by atoms with Gasteiger partial charge in [-0.2, -0.15) is 5.10 Å². The van der Waals surface area contributed by atoms with Gasteiger partial charge in [0.15, 0.2) is 0 Å². The maximum absolute atomic E-state index is 4.14. The fourth-order valence-electron chi connectivity index (χ4n) is 2.46. The van der Waals surface area contributed by atoms with Gasteiger partial charge < -0.3 is 0 Å². The molecule has 0 atom stereocenters. The van der Waals surface area contributed by atoms with Gasteiger partial charge in [-0.05, 0) is 16.3 Å². The molecule has 15 heavy (non-hydrogen) atoms. The van der Waals surface area contributed by atoms with E-state index >= 15 is 0 Å². The summed E-state index contributed by atoms with van der Waals surface area (Å²) in [5, 5.41) is 11.0. The van der Waals surface area contributed by atoms with Gasteiger partial charge in [-0.1, -0.05) is 36.5 Å². The number of aromatic amines is 1. The number of aromatic nitrogens is 2. The maximum atomic E-state index is 4.14. The highest BCUT2D eigenvalue weighted by Crippen LogP contribution is 2.16. The van der Waals surface area contributed by atoms with Gasteiger partial charge in [0, 0.05) is 10.6 Å². The van der Waals surface area contributed by atoms with Crippen molar-refractivity contribution in [1.82, 2.24) is 10.2 Å². The lowest BCUT2D eigenvalue weighted by atomic mass is 10.0. The van der Waals surface area contributed by atoms with Crippen LogP contribution in [0.15, 0.2) is 18.3 Å². The standard InChI is InChI=1S/C13H8N2/c1-3-8-9-4-2-6-11(9)13-12(7-14-15-13)10(8)5-1/h1-7H,(H,14,15). The summed E-state index contributed by atoms with van der Waals surface area (Å²) in [6, 6.07) is 0. The molecule has 0 bridgehead atoms. The minimum Gasteiger partial charge on any atom is -0.277 e. The minimum atomic E-state index is 1.15. The van der Waals surface area contributed by atoms with E-state index < -0.39 is 0 Å². The predicted octanol–water partition coefficient (Wildman–Crippen LogP) is 1.18. The lowest BCUT2D eigenvalue weighted by Gasteiger charge is -2.01. The Balaban J connectivity index is 2.46. The number of rotatable bonds is 0. The molecule has 0 radical (unpaired) electrons. The number of benzene rings is 1. The van der Waals surface area contributed by atoms with E-state index in [1.165, 1.54) is 27.0 Å². The average Bonchev–Trinajstić information content (AvgIpc) is 2.97. The number of nitrogens with one attached hydrogen (secondary N) is 1. The number of nitrogens with zero attached hydrogens (tertiary/aromatic N) is 1. The van der Waals surface area contributed by atoms with E-state index in [1.807, 2.05) is 6.20 Å². The smallest absolute Gasteiger partial charge is 0.0735 e. The zero-order valence-corrected chi connectivity index (χ0v) is 7.99. The van der Waals surface area contributed by atoms with Crippen LogP contribution in [-0.2, 0) is 0 Å². The van der Waals surface area contributed by atoms with E-state index in [0.29, 0.717) is 0 Å². The van der Waals surface area contributed by atoms with Crippen molar-refractivity contribution < 1.29 is 0 Å². The molecule has 1 aromatic heterocycles. The summed E-state index contributed by atoms with van der Waals surface area (Å²) < 4.78 is 0. The molecule has 0 aliphatic heterocycles. The first-order chi connectivity index (χ1) is 7.45. The van der Waals surface area contributed by atoms with Crippen LogP contribution >= 0.6 is 0 Å². The molecule has 4 rings (SSSR count). The van der Waals surface area contributed by atoms with Gasteiger partial charge in [-0.15, -0.1) is 0 Å². The summed E-state index contributed by atoms with van der Waals surface area (Å²) in [4.78, 5) is 0. The van der Waals surface area contributed by atoms with Crippen LogP contribution < -0.4 is 10.4 Å². The second kappa shape index (κ2) is 2.28. The molecule has 2 aliphatic carbocycles. The van der Waals surface area contributed by atoms with Crippen molar-refractivity contribution in [1.29, 1.82) is 0 Å². The Kier molecular flexibility index (Phi) is 1.10. The summed E-state index contributed by atoms with van der Waals surface area (Å²) in [7, 11) is 0. The molecule has 0 spiro atoms. The van der Waals surface area contributed by atoms with Gasteiger partial charge in [0.05, 0.1) is 11.7 Å². The fourth-order valence-corrected chi connectivity index (χ4v) is 2.46. The molecule has 0 unspecified atom stereocenters. The molecule has 0 fully saturated rings. The highest BCUT2D eigenvalue weighted by atomic mass is 15.1. The van der Waals surface area contributed by atoms with Gasteiger partial charge in [0.2, 0.25) is 0 Å². The Morgan fingerprint density at radius 3 is 2.53 bits per heavy atom. The Labute approximate surface area is 85.9 Å². The Morgan fingerprint density at radius 1 is 0.933 bits per heavy atom. The van der Waals surface area contributed by atoms with Gasteiger partial charge in [0.1, 0.15) is 0 Å². The second-order valence-electron chi connectivity index (χ2n) is 3.86.